The number of halogens is 1. The molecule has 0 aliphatic carbocycles. The number of amides is 3. The summed E-state index contributed by atoms with van der Waals surface area (Å²) in [5.41, 5.74) is 0.894. The van der Waals surface area contributed by atoms with E-state index in [-0.39, 0.29) is 18.5 Å². The molecule has 0 radical (unpaired) electrons. The molecule has 0 saturated carbocycles. The lowest BCUT2D eigenvalue weighted by molar-refractivity contribution is -0.125. The molecule has 0 unspecified atom stereocenters. The Morgan fingerprint density at radius 2 is 1.70 bits per heavy atom. The molecule has 3 heterocycles. The molecule has 9 heteroatoms. The van der Waals surface area contributed by atoms with E-state index < -0.39 is 0 Å². The molecule has 2 aromatic rings. The lowest BCUT2D eigenvalue weighted by atomic mass is 10.1. The number of hydrogen-bond acceptors (Lipinski definition) is 6. The van der Waals surface area contributed by atoms with E-state index in [4.69, 9.17) is 16.0 Å². The van der Waals surface area contributed by atoms with Crippen molar-refractivity contribution in [2.45, 2.75) is 25.7 Å². The van der Waals surface area contributed by atoms with Crippen molar-refractivity contribution in [2.24, 2.45) is 5.10 Å². The number of nitrogens with one attached hydrogen (secondary N) is 1. The molecular weight excluding hydrogens is 442 g/mol. The maximum absolute atomic E-state index is 12.6. The van der Waals surface area contributed by atoms with Gasteiger partial charge in [-0.2, -0.15) is 5.10 Å². The average Bonchev–Trinajstić information content (AvgIpc) is 3.40. The van der Waals surface area contributed by atoms with Gasteiger partial charge in [-0.25, -0.2) is 9.80 Å². The summed E-state index contributed by atoms with van der Waals surface area (Å²) in [5, 5.41) is 9.39. The number of hydrogen-bond donors (Lipinski definition) is 1. The van der Waals surface area contributed by atoms with E-state index in [9.17, 15) is 9.59 Å². The topological polar surface area (TPSA) is 81.4 Å². The van der Waals surface area contributed by atoms with Gasteiger partial charge in [0, 0.05) is 43.3 Å². The SMILES string of the molecule is O=C1CN(/N=C/c2ccc(-c3ccc(Cl)cc3)o2)C(=O)N1CCCCCCN1CCNCC1. The molecule has 0 atom stereocenters. The Morgan fingerprint density at radius 1 is 0.970 bits per heavy atom. The summed E-state index contributed by atoms with van der Waals surface area (Å²) < 4.78 is 5.77. The molecule has 33 heavy (non-hydrogen) atoms. The lowest BCUT2D eigenvalue weighted by Crippen LogP contribution is -2.43. The van der Waals surface area contributed by atoms with Crippen molar-refractivity contribution in [1.82, 2.24) is 20.1 Å². The summed E-state index contributed by atoms with van der Waals surface area (Å²) in [6, 6.07) is 10.6. The highest BCUT2D eigenvalue weighted by Crippen LogP contribution is 2.23. The van der Waals surface area contributed by atoms with Crippen LogP contribution in [-0.4, -0.2) is 78.8 Å². The van der Waals surface area contributed by atoms with Crippen LogP contribution in [-0.2, 0) is 4.79 Å². The summed E-state index contributed by atoms with van der Waals surface area (Å²) in [7, 11) is 0. The number of furan rings is 1. The van der Waals surface area contributed by atoms with Gasteiger partial charge in [-0.05, 0) is 55.8 Å². The summed E-state index contributed by atoms with van der Waals surface area (Å²) in [5.74, 6) is 0.970. The van der Waals surface area contributed by atoms with Crippen molar-refractivity contribution in [3.8, 4) is 11.3 Å². The summed E-state index contributed by atoms with van der Waals surface area (Å²) in [6.45, 7) is 5.91. The Kier molecular flexibility index (Phi) is 8.15. The van der Waals surface area contributed by atoms with Gasteiger partial charge in [0.25, 0.3) is 5.91 Å². The highest BCUT2D eigenvalue weighted by Gasteiger charge is 2.35. The van der Waals surface area contributed by atoms with Crippen molar-refractivity contribution in [2.75, 3.05) is 45.8 Å². The van der Waals surface area contributed by atoms with E-state index in [1.807, 2.05) is 18.2 Å². The highest BCUT2D eigenvalue weighted by molar-refractivity contribution is 6.30. The zero-order valence-electron chi connectivity index (χ0n) is 18.7. The summed E-state index contributed by atoms with van der Waals surface area (Å²) in [6.07, 6.45) is 5.55. The standard InChI is InChI=1S/C24H30ClN5O3/c25-20-7-5-19(6-8-20)22-10-9-21(33-22)17-27-30-18-23(31)29(24(30)32)14-4-2-1-3-13-28-15-11-26-12-16-28/h5-10,17,26H,1-4,11-16,18H2/b27-17+. The fraction of sp³-hybridized carbons (Fsp3) is 0.458. The predicted molar refractivity (Wildman–Crippen MR) is 128 cm³/mol. The number of nitrogens with zero attached hydrogens (tertiary/aromatic N) is 4. The van der Waals surface area contributed by atoms with Gasteiger partial charge in [-0.3, -0.25) is 9.69 Å². The first-order valence-electron chi connectivity index (χ1n) is 11.5. The van der Waals surface area contributed by atoms with Crippen molar-refractivity contribution in [3.63, 3.8) is 0 Å². The third-order valence-corrected chi connectivity index (χ3v) is 6.19. The van der Waals surface area contributed by atoms with Gasteiger partial charge in [0.2, 0.25) is 0 Å². The van der Waals surface area contributed by atoms with E-state index in [1.165, 1.54) is 16.1 Å². The number of imide groups is 1. The fourth-order valence-electron chi connectivity index (χ4n) is 4.05. The number of piperazine rings is 1. The number of carbonyl (C=O) groups is 2. The van der Waals surface area contributed by atoms with Gasteiger partial charge in [-0.15, -0.1) is 0 Å². The Morgan fingerprint density at radius 3 is 2.45 bits per heavy atom. The zero-order chi connectivity index (χ0) is 23.0. The number of unbranched alkanes of at least 4 members (excludes halogenated alkanes) is 3. The van der Waals surface area contributed by atoms with Gasteiger partial charge in [0.1, 0.15) is 18.1 Å². The van der Waals surface area contributed by atoms with Crippen LogP contribution in [0.25, 0.3) is 11.3 Å². The molecule has 176 valence electrons. The Balaban J connectivity index is 1.20. The molecular formula is C24H30ClN5O3. The van der Waals surface area contributed by atoms with E-state index in [2.05, 4.69) is 15.3 Å². The van der Waals surface area contributed by atoms with Crippen LogP contribution in [0.2, 0.25) is 5.02 Å². The van der Waals surface area contributed by atoms with Gasteiger partial charge in [0.15, 0.2) is 0 Å². The van der Waals surface area contributed by atoms with Gasteiger partial charge in [-0.1, -0.05) is 24.4 Å². The normalized spacial score (nSPS) is 17.6. The lowest BCUT2D eigenvalue weighted by Gasteiger charge is -2.27. The van der Waals surface area contributed by atoms with Crippen LogP contribution in [0.4, 0.5) is 4.79 Å². The second kappa shape index (κ2) is 11.4. The van der Waals surface area contributed by atoms with Crippen LogP contribution in [0.3, 0.4) is 0 Å². The van der Waals surface area contributed by atoms with Gasteiger partial charge >= 0.3 is 6.03 Å². The first kappa shape index (κ1) is 23.5. The molecule has 2 saturated heterocycles. The van der Waals surface area contributed by atoms with E-state index in [1.54, 1.807) is 18.2 Å². The predicted octanol–water partition coefficient (Wildman–Crippen LogP) is 3.66. The first-order chi connectivity index (χ1) is 16.1. The third kappa shape index (κ3) is 6.43. The number of benzene rings is 1. The van der Waals surface area contributed by atoms with Crippen molar-refractivity contribution >= 4 is 29.8 Å². The molecule has 0 bridgehead atoms. The smallest absolute Gasteiger partial charge is 0.347 e. The zero-order valence-corrected chi connectivity index (χ0v) is 19.5. The minimum Gasteiger partial charge on any atom is -0.455 e. The summed E-state index contributed by atoms with van der Waals surface area (Å²) in [4.78, 5) is 28.7. The van der Waals surface area contributed by atoms with Crippen LogP contribution >= 0.6 is 11.6 Å². The Hall–Kier alpha value is -2.68. The second-order valence-corrected chi connectivity index (χ2v) is 8.78. The molecule has 2 fully saturated rings. The van der Waals surface area contributed by atoms with Crippen LogP contribution in [0.1, 0.15) is 31.4 Å². The first-order valence-corrected chi connectivity index (χ1v) is 11.9. The molecule has 3 amide bonds. The molecule has 1 N–H and O–H groups in total. The van der Waals surface area contributed by atoms with E-state index in [0.717, 1.165) is 64.0 Å². The third-order valence-electron chi connectivity index (χ3n) is 5.93. The molecule has 0 spiro atoms. The maximum atomic E-state index is 12.6. The van der Waals surface area contributed by atoms with Crippen LogP contribution in [0.15, 0.2) is 45.9 Å². The van der Waals surface area contributed by atoms with E-state index in [0.29, 0.717) is 23.1 Å². The molecule has 8 nitrogen and oxygen atoms in total. The van der Waals surface area contributed by atoms with Crippen LogP contribution < -0.4 is 5.32 Å². The second-order valence-electron chi connectivity index (χ2n) is 8.34. The average molecular weight is 472 g/mol. The monoisotopic (exact) mass is 471 g/mol. The molecule has 2 aliphatic heterocycles. The van der Waals surface area contributed by atoms with Crippen molar-refractivity contribution < 1.29 is 14.0 Å². The van der Waals surface area contributed by atoms with Gasteiger partial charge < -0.3 is 14.6 Å². The Labute approximate surface area is 199 Å². The minimum atomic E-state index is -0.374. The highest BCUT2D eigenvalue weighted by atomic mass is 35.5. The number of rotatable bonds is 10. The molecule has 4 rings (SSSR count). The maximum Gasteiger partial charge on any atom is 0.347 e. The van der Waals surface area contributed by atoms with E-state index >= 15 is 0 Å². The number of hydrazone groups is 1. The summed E-state index contributed by atoms with van der Waals surface area (Å²) >= 11 is 5.92. The minimum absolute atomic E-state index is 0.0386. The van der Waals surface area contributed by atoms with Crippen LogP contribution in [0, 0.1) is 0 Å². The van der Waals surface area contributed by atoms with Crippen molar-refractivity contribution in [1.29, 1.82) is 0 Å². The van der Waals surface area contributed by atoms with Crippen molar-refractivity contribution in [3.05, 3.63) is 47.2 Å². The van der Waals surface area contributed by atoms with Gasteiger partial charge in [0.05, 0.1) is 6.21 Å². The number of urea groups is 1. The number of carbonyl (C=O) groups excluding carboxylic acids is 2. The fourth-order valence-corrected chi connectivity index (χ4v) is 4.18. The Bertz CT molecular complexity index is 969. The molecule has 1 aromatic carbocycles. The molecule has 2 aliphatic rings. The quantitative estimate of drug-likeness (QED) is 0.325. The van der Waals surface area contributed by atoms with Crippen LogP contribution in [0.5, 0.6) is 0 Å². The molecule has 1 aromatic heterocycles. The largest absolute Gasteiger partial charge is 0.455 e.